The van der Waals surface area contributed by atoms with Gasteiger partial charge in [0.15, 0.2) is 5.17 Å². The second kappa shape index (κ2) is 7.49. The van der Waals surface area contributed by atoms with Gasteiger partial charge < -0.3 is 0 Å². The summed E-state index contributed by atoms with van der Waals surface area (Å²) in [5.41, 5.74) is 4.30. The van der Waals surface area contributed by atoms with Crippen molar-refractivity contribution < 1.29 is 4.79 Å². The first-order chi connectivity index (χ1) is 12.1. The lowest BCUT2D eigenvalue weighted by molar-refractivity contribution is -0.122. The third-order valence-electron chi connectivity index (χ3n) is 3.75. The first kappa shape index (κ1) is 17.2. The fourth-order valence-electron chi connectivity index (χ4n) is 2.30. The largest absolute Gasteiger partial charge is 0.287 e. The van der Waals surface area contributed by atoms with Crippen molar-refractivity contribution in [3.8, 4) is 0 Å². The maximum Gasteiger partial charge on any atom is 0.287 e. The Kier molecular flexibility index (Phi) is 5.14. The van der Waals surface area contributed by atoms with E-state index in [2.05, 4.69) is 10.1 Å². The van der Waals surface area contributed by atoms with Crippen LogP contribution >= 0.6 is 11.8 Å². The Morgan fingerprint density at radius 1 is 0.920 bits per heavy atom. The quantitative estimate of drug-likeness (QED) is 0.614. The summed E-state index contributed by atoms with van der Waals surface area (Å²) in [5.74, 6) is -0.158. The highest BCUT2D eigenvalue weighted by Crippen LogP contribution is 2.32. The lowest BCUT2D eigenvalue weighted by Gasteiger charge is -2.07. The standard InChI is InChI=1S/C20H19N3OS/c1-14-4-8-16(9-5-14)12-18-19(24)23(20(21-3)25-18)22-13-17-10-6-15(2)7-11-17/h4-13H,1-3H3/b18-12+,21-20?,22-13+. The molecule has 0 aliphatic carbocycles. The number of hydrazone groups is 1. The molecule has 2 aromatic carbocycles. The molecule has 1 fully saturated rings. The third kappa shape index (κ3) is 4.06. The summed E-state index contributed by atoms with van der Waals surface area (Å²) in [6.45, 7) is 4.07. The number of thioether (sulfide) groups is 1. The Hall–Kier alpha value is -2.66. The molecule has 1 heterocycles. The summed E-state index contributed by atoms with van der Waals surface area (Å²) >= 11 is 1.34. The van der Waals surface area contributed by atoms with Gasteiger partial charge >= 0.3 is 0 Å². The zero-order chi connectivity index (χ0) is 17.8. The summed E-state index contributed by atoms with van der Waals surface area (Å²) in [4.78, 5) is 17.5. The van der Waals surface area contributed by atoms with Gasteiger partial charge in [-0.3, -0.25) is 9.79 Å². The maximum absolute atomic E-state index is 12.7. The molecule has 0 N–H and O–H groups in total. The Bertz CT molecular complexity index is 865. The molecule has 1 aliphatic rings. The fourth-order valence-corrected chi connectivity index (χ4v) is 3.17. The molecule has 4 nitrogen and oxygen atoms in total. The van der Waals surface area contributed by atoms with Crippen LogP contribution in [-0.2, 0) is 4.79 Å². The smallest absolute Gasteiger partial charge is 0.266 e. The number of hydrogen-bond acceptors (Lipinski definition) is 4. The Morgan fingerprint density at radius 3 is 2.04 bits per heavy atom. The predicted octanol–water partition coefficient (Wildman–Crippen LogP) is 4.24. The van der Waals surface area contributed by atoms with E-state index in [1.807, 2.05) is 68.5 Å². The average Bonchev–Trinajstić information content (AvgIpc) is 2.92. The molecular formula is C20H19N3OS. The molecule has 0 saturated carbocycles. The predicted molar refractivity (Wildman–Crippen MR) is 106 cm³/mol. The van der Waals surface area contributed by atoms with E-state index < -0.39 is 0 Å². The van der Waals surface area contributed by atoms with Crippen LogP contribution in [0.15, 0.2) is 63.5 Å². The van der Waals surface area contributed by atoms with Gasteiger partial charge in [-0.25, -0.2) is 0 Å². The van der Waals surface area contributed by atoms with Gasteiger partial charge in [0, 0.05) is 7.05 Å². The molecule has 0 aromatic heterocycles. The number of carbonyl (C=O) groups is 1. The summed E-state index contributed by atoms with van der Waals surface area (Å²) in [6, 6.07) is 16.0. The van der Waals surface area contributed by atoms with Crippen LogP contribution in [0.2, 0.25) is 0 Å². The monoisotopic (exact) mass is 349 g/mol. The zero-order valence-electron chi connectivity index (χ0n) is 14.4. The molecule has 0 radical (unpaired) electrons. The number of rotatable bonds is 3. The van der Waals surface area contributed by atoms with E-state index in [9.17, 15) is 4.79 Å². The van der Waals surface area contributed by atoms with Crippen molar-refractivity contribution >= 4 is 35.1 Å². The van der Waals surface area contributed by atoms with Crippen molar-refractivity contribution in [2.75, 3.05) is 7.05 Å². The molecule has 1 saturated heterocycles. The van der Waals surface area contributed by atoms with Crippen molar-refractivity contribution in [3.63, 3.8) is 0 Å². The van der Waals surface area contributed by atoms with E-state index in [4.69, 9.17) is 0 Å². The number of benzene rings is 2. The zero-order valence-corrected chi connectivity index (χ0v) is 15.2. The van der Waals surface area contributed by atoms with Crippen molar-refractivity contribution in [3.05, 3.63) is 75.7 Å². The van der Waals surface area contributed by atoms with Crippen molar-refractivity contribution in [2.24, 2.45) is 10.1 Å². The van der Waals surface area contributed by atoms with Crippen LogP contribution in [0.3, 0.4) is 0 Å². The summed E-state index contributed by atoms with van der Waals surface area (Å²) < 4.78 is 0. The maximum atomic E-state index is 12.7. The lowest BCUT2D eigenvalue weighted by atomic mass is 10.1. The van der Waals surface area contributed by atoms with E-state index in [1.54, 1.807) is 13.3 Å². The van der Waals surface area contributed by atoms with E-state index in [1.165, 1.54) is 27.9 Å². The number of carbonyl (C=O) groups excluding carboxylic acids is 1. The fraction of sp³-hybridized carbons (Fsp3) is 0.150. The molecule has 0 atom stereocenters. The first-order valence-electron chi connectivity index (χ1n) is 7.95. The average molecular weight is 349 g/mol. The van der Waals surface area contributed by atoms with E-state index in [-0.39, 0.29) is 5.91 Å². The molecule has 126 valence electrons. The third-order valence-corrected chi connectivity index (χ3v) is 4.80. The molecule has 3 rings (SSSR count). The van der Waals surface area contributed by atoms with E-state index >= 15 is 0 Å². The van der Waals surface area contributed by atoms with Gasteiger partial charge in [0.25, 0.3) is 5.91 Å². The SMILES string of the molecule is CN=C1S/C(=C/c2ccc(C)cc2)C(=O)N1/N=C/c1ccc(C)cc1. The number of amides is 1. The summed E-state index contributed by atoms with van der Waals surface area (Å²) in [7, 11) is 1.67. The molecular weight excluding hydrogens is 330 g/mol. The number of aryl methyl sites for hydroxylation is 2. The highest BCUT2D eigenvalue weighted by molar-refractivity contribution is 8.18. The molecule has 5 heteroatoms. The van der Waals surface area contributed by atoms with Crippen LogP contribution in [0.25, 0.3) is 6.08 Å². The molecule has 2 aromatic rings. The minimum Gasteiger partial charge on any atom is -0.266 e. The van der Waals surface area contributed by atoms with Gasteiger partial charge in [-0.15, -0.1) is 0 Å². The second-order valence-electron chi connectivity index (χ2n) is 5.80. The minimum atomic E-state index is -0.158. The van der Waals surface area contributed by atoms with Crippen LogP contribution < -0.4 is 0 Å². The van der Waals surface area contributed by atoms with Crippen LogP contribution in [-0.4, -0.2) is 29.3 Å². The number of hydrogen-bond donors (Lipinski definition) is 0. The van der Waals surface area contributed by atoms with Crippen LogP contribution in [0.5, 0.6) is 0 Å². The van der Waals surface area contributed by atoms with E-state index in [0.717, 1.165) is 11.1 Å². The van der Waals surface area contributed by atoms with Crippen molar-refractivity contribution in [2.45, 2.75) is 13.8 Å². The second-order valence-corrected chi connectivity index (χ2v) is 6.81. The highest BCUT2D eigenvalue weighted by Gasteiger charge is 2.32. The molecule has 0 unspecified atom stereocenters. The number of aliphatic imine (C=N–C) groups is 1. The molecule has 25 heavy (non-hydrogen) atoms. The van der Waals surface area contributed by atoms with Gasteiger partial charge in [0.05, 0.1) is 11.1 Å². The van der Waals surface area contributed by atoms with E-state index in [0.29, 0.717) is 10.1 Å². The van der Waals surface area contributed by atoms with Gasteiger partial charge in [0.2, 0.25) is 0 Å². The normalized spacial score (nSPS) is 18.0. The summed E-state index contributed by atoms with van der Waals surface area (Å²) in [5, 5.41) is 6.26. The molecule has 1 amide bonds. The summed E-state index contributed by atoms with van der Waals surface area (Å²) in [6.07, 6.45) is 3.55. The van der Waals surface area contributed by atoms with Gasteiger partial charge in [-0.1, -0.05) is 59.7 Å². The molecule has 0 spiro atoms. The Morgan fingerprint density at radius 2 is 1.48 bits per heavy atom. The van der Waals surface area contributed by atoms with Gasteiger partial charge in [0.1, 0.15) is 0 Å². The van der Waals surface area contributed by atoms with Gasteiger partial charge in [-0.2, -0.15) is 10.1 Å². The van der Waals surface area contributed by atoms with Crippen LogP contribution in [0, 0.1) is 13.8 Å². The molecule has 1 aliphatic heterocycles. The van der Waals surface area contributed by atoms with Crippen molar-refractivity contribution in [1.82, 2.24) is 5.01 Å². The van der Waals surface area contributed by atoms with Gasteiger partial charge in [-0.05, 0) is 42.8 Å². The van der Waals surface area contributed by atoms with Crippen LogP contribution in [0.4, 0.5) is 0 Å². The molecule has 0 bridgehead atoms. The van der Waals surface area contributed by atoms with Crippen molar-refractivity contribution in [1.29, 1.82) is 0 Å². The van der Waals surface area contributed by atoms with Crippen LogP contribution in [0.1, 0.15) is 22.3 Å². The Labute approximate surface area is 152 Å². The number of nitrogens with zero attached hydrogens (tertiary/aromatic N) is 3. The topological polar surface area (TPSA) is 45.0 Å². The minimum absolute atomic E-state index is 0.158. The number of amidine groups is 1. The Balaban J connectivity index is 1.83. The first-order valence-corrected chi connectivity index (χ1v) is 8.76. The highest BCUT2D eigenvalue weighted by atomic mass is 32.2. The lowest BCUT2D eigenvalue weighted by Crippen LogP contribution is -2.23.